The van der Waals surface area contributed by atoms with E-state index in [9.17, 15) is 4.79 Å². The average Bonchev–Trinajstić information content (AvgIpc) is 3.05. The largest absolute Gasteiger partial charge is 0.326 e. The van der Waals surface area contributed by atoms with Gasteiger partial charge in [0.1, 0.15) is 0 Å². The van der Waals surface area contributed by atoms with E-state index in [1.165, 1.54) is 63.7 Å². The molecule has 25 heavy (non-hydrogen) atoms. The Labute approximate surface area is 149 Å². The van der Waals surface area contributed by atoms with Crippen molar-refractivity contribution < 1.29 is 4.79 Å². The molecule has 5 nitrogen and oxygen atoms in total. The molecule has 2 aliphatic rings. The number of anilines is 1. The van der Waals surface area contributed by atoms with Crippen LogP contribution < -0.4 is 5.32 Å². The van der Waals surface area contributed by atoms with Gasteiger partial charge in [-0.15, -0.1) is 0 Å². The zero-order valence-electron chi connectivity index (χ0n) is 15.1. The lowest BCUT2D eigenvalue weighted by molar-refractivity contribution is -0.114. The van der Waals surface area contributed by atoms with E-state index in [4.69, 9.17) is 0 Å². The van der Waals surface area contributed by atoms with Gasteiger partial charge >= 0.3 is 0 Å². The van der Waals surface area contributed by atoms with E-state index in [2.05, 4.69) is 26.5 Å². The number of benzene rings is 1. The van der Waals surface area contributed by atoms with Gasteiger partial charge in [-0.3, -0.25) is 9.89 Å². The Morgan fingerprint density at radius 1 is 1.16 bits per heavy atom. The van der Waals surface area contributed by atoms with Crippen molar-refractivity contribution in [3.8, 4) is 0 Å². The first kappa shape index (κ1) is 16.6. The molecule has 2 aromatic rings. The van der Waals surface area contributed by atoms with Crippen molar-refractivity contribution in [2.75, 3.05) is 18.4 Å². The number of aromatic amines is 1. The maximum Gasteiger partial charge on any atom is 0.221 e. The zero-order chi connectivity index (χ0) is 17.2. The third-order valence-corrected chi connectivity index (χ3v) is 5.93. The highest BCUT2D eigenvalue weighted by molar-refractivity contribution is 5.93. The van der Waals surface area contributed by atoms with Gasteiger partial charge in [0.15, 0.2) is 0 Å². The number of nitrogens with zero attached hydrogens (tertiary/aromatic N) is 2. The molecule has 0 bridgehead atoms. The molecule has 0 radical (unpaired) electrons. The number of likely N-dealkylation sites (tertiary alicyclic amines) is 1. The lowest BCUT2D eigenvalue weighted by atomic mass is 9.88. The molecular formula is C20H28N4O. The van der Waals surface area contributed by atoms with Crippen LogP contribution in [0.1, 0.15) is 63.5 Å². The monoisotopic (exact) mass is 340 g/mol. The summed E-state index contributed by atoms with van der Waals surface area (Å²) in [4.78, 5) is 14.0. The molecule has 5 heteroatoms. The number of hydrogen-bond donors (Lipinski definition) is 2. The summed E-state index contributed by atoms with van der Waals surface area (Å²) >= 11 is 0. The summed E-state index contributed by atoms with van der Waals surface area (Å²) in [5, 5.41) is 11.8. The van der Waals surface area contributed by atoms with E-state index in [0.717, 1.165) is 22.6 Å². The maximum absolute atomic E-state index is 11.3. The molecule has 1 aromatic heterocycles. The Morgan fingerprint density at radius 2 is 1.92 bits per heavy atom. The van der Waals surface area contributed by atoms with Crippen LogP contribution in [0.5, 0.6) is 0 Å². The van der Waals surface area contributed by atoms with Gasteiger partial charge < -0.3 is 10.2 Å². The summed E-state index contributed by atoms with van der Waals surface area (Å²) in [6.07, 6.45) is 9.39. The number of aromatic nitrogens is 2. The Kier molecular flexibility index (Phi) is 4.75. The lowest BCUT2D eigenvalue weighted by Crippen LogP contribution is -2.41. The number of piperidine rings is 1. The van der Waals surface area contributed by atoms with Gasteiger partial charge in [-0.25, -0.2) is 0 Å². The summed E-state index contributed by atoms with van der Waals surface area (Å²) in [5.74, 6) is 0.502. The Hall–Kier alpha value is -1.88. The molecule has 1 aliphatic heterocycles. The Bertz CT molecular complexity index is 739. The van der Waals surface area contributed by atoms with Gasteiger partial charge in [-0.05, 0) is 57.0 Å². The molecule has 1 aliphatic carbocycles. The van der Waals surface area contributed by atoms with Crippen LogP contribution in [0.15, 0.2) is 18.2 Å². The fourth-order valence-corrected chi connectivity index (χ4v) is 4.62. The molecule has 134 valence electrons. The van der Waals surface area contributed by atoms with Crippen LogP contribution in [0.3, 0.4) is 0 Å². The molecule has 0 unspecified atom stereocenters. The summed E-state index contributed by atoms with van der Waals surface area (Å²) in [5.41, 5.74) is 3.08. The third kappa shape index (κ3) is 3.56. The molecule has 4 rings (SSSR count). The number of carbonyl (C=O) groups excluding carboxylic acids is 1. The number of rotatable bonds is 3. The van der Waals surface area contributed by atoms with E-state index in [1.54, 1.807) is 6.92 Å². The quantitative estimate of drug-likeness (QED) is 0.887. The summed E-state index contributed by atoms with van der Waals surface area (Å²) in [6, 6.07) is 6.78. The van der Waals surface area contributed by atoms with E-state index >= 15 is 0 Å². The second kappa shape index (κ2) is 7.16. The smallest absolute Gasteiger partial charge is 0.221 e. The predicted molar refractivity (Wildman–Crippen MR) is 101 cm³/mol. The highest BCUT2D eigenvalue weighted by Crippen LogP contribution is 2.34. The number of carbonyl (C=O) groups is 1. The first-order chi connectivity index (χ1) is 12.2. The fraction of sp³-hybridized carbons (Fsp3) is 0.600. The molecule has 2 heterocycles. The van der Waals surface area contributed by atoms with E-state index in [-0.39, 0.29) is 5.91 Å². The summed E-state index contributed by atoms with van der Waals surface area (Å²) in [7, 11) is 0. The molecule has 1 saturated carbocycles. The number of H-pyrrole nitrogens is 1. The third-order valence-electron chi connectivity index (χ3n) is 5.93. The number of fused-ring (bicyclic) bond motifs is 1. The maximum atomic E-state index is 11.3. The molecule has 0 spiro atoms. The average molecular weight is 340 g/mol. The molecule has 1 aromatic carbocycles. The minimum absolute atomic E-state index is 0.0369. The van der Waals surface area contributed by atoms with Crippen molar-refractivity contribution in [2.45, 2.75) is 63.8 Å². The van der Waals surface area contributed by atoms with Crippen LogP contribution in [0, 0.1) is 0 Å². The number of amides is 1. The van der Waals surface area contributed by atoms with Crippen molar-refractivity contribution >= 4 is 22.5 Å². The number of hydrogen-bond acceptors (Lipinski definition) is 3. The SMILES string of the molecule is CC(=O)Nc1ccc2n[nH]c(C3CCN(C4CCCCC4)CC3)c2c1. The topological polar surface area (TPSA) is 61.0 Å². The molecule has 2 fully saturated rings. The second-order valence-electron chi connectivity index (χ2n) is 7.65. The van der Waals surface area contributed by atoms with Crippen LogP contribution >= 0.6 is 0 Å². The highest BCUT2D eigenvalue weighted by atomic mass is 16.1. The standard InChI is InChI=1S/C20H28N4O/c1-14(25)21-16-7-8-19-18(13-16)20(23-22-19)15-9-11-24(12-10-15)17-5-3-2-4-6-17/h7-8,13,15,17H,2-6,9-12H2,1H3,(H,21,25)(H,22,23). The summed E-state index contributed by atoms with van der Waals surface area (Å²) < 4.78 is 0. The van der Waals surface area contributed by atoms with Crippen LogP contribution in [0.25, 0.3) is 10.9 Å². The second-order valence-corrected chi connectivity index (χ2v) is 7.65. The predicted octanol–water partition coefficient (Wildman–Crippen LogP) is 4.03. The van der Waals surface area contributed by atoms with Crippen molar-refractivity contribution in [3.63, 3.8) is 0 Å². The summed E-state index contributed by atoms with van der Waals surface area (Å²) in [6.45, 7) is 3.93. The van der Waals surface area contributed by atoms with E-state index < -0.39 is 0 Å². The van der Waals surface area contributed by atoms with E-state index in [0.29, 0.717) is 5.92 Å². The Balaban J connectivity index is 1.47. The molecule has 0 atom stereocenters. The normalized spacial score (nSPS) is 20.8. The number of nitrogens with one attached hydrogen (secondary N) is 2. The lowest BCUT2D eigenvalue weighted by Gasteiger charge is -2.39. The van der Waals surface area contributed by atoms with E-state index in [1.807, 2.05) is 12.1 Å². The first-order valence-corrected chi connectivity index (χ1v) is 9.70. The molecule has 2 N–H and O–H groups in total. The minimum Gasteiger partial charge on any atom is -0.326 e. The fourth-order valence-electron chi connectivity index (χ4n) is 4.62. The molecule has 1 amide bonds. The van der Waals surface area contributed by atoms with Crippen LogP contribution in [0.2, 0.25) is 0 Å². The van der Waals surface area contributed by atoms with Gasteiger partial charge in [0, 0.05) is 35.7 Å². The Morgan fingerprint density at radius 3 is 2.64 bits per heavy atom. The minimum atomic E-state index is -0.0369. The van der Waals surface area contributed by atoms with Gasteiger partial charge in [-0.1, -0.05) is 19.3 Å². The van der Waals surface area contributed by atoms with Crippen LogP contribution in [0.4, 0.5) is 5.69 Å². The zero-order valence-corrected chi connectivity index (χ0v) is 15.1. The van der Waals surface area contributed by atoms with Gasteiger partial charge in [0.2, 0.25) is 5.91 Å². The van der Waals surface area contributed by atoms with Crippen LogP contribution in [-0.2, 0) is 4.79 Å². The van der Waals surface area contributed by atoms with Crippen molar-refractivity contribution in [3.05, 3.63) is 23.9 Å². The van der Waals surface area contributed by atoms with Crippen LogP contribution in [-0.4, -0.2) is 40.1 Å². The van der Waals surface area contributed by atoms with Crippen molar-refractivity contribution in [1.82, 2.24) is 15.1 Å². The molecule has 1 saturated heterocycles. The van der Waals surface area contributed by atoms with Gasteiger partial charge in [0.25, 0.3) is 0 Å². The highest BCUT2D eigenvalue weighted by Gasteiger charge is 2.28. The molecular weight excluding hydrogens is 312 g/mol. The van der Waals surface area contributed by atoms with Crippen molar-refractivity contribution in [1.29, 1.82) is 0 Å². The van der Waals surface area contributed by atoms with Gasteiger partial charge in [-0.2, -0.15) is 5.10 Å². The van der Waals surface area contributed by atoms with Gasteiger partial charge in [0.05, 0.1) is 5.52 Å². The first-order valence-electron chi connectivity index (χ1n) is 9.70. The van der Waals surface area contributed by atoms with Crippen molar-refractivity contribution in [2.24, 2.45) is 0 Å².